The maximum Gasteiger partial charge on any atom is 0.273 e. The molecule has 0 bridgehead atoms. The molecule has 0 aliphatic rings. The van der Waals surface area contributed by atoms with Crippen LogP contribution in [0.2, 0.25) is 0 Å². The second-order valence-electron chi connectivity index (χ2n) is 7.96. The molecule has 2 aromatic carbocycles. The number of carbonyl (C=O) groups excluding carboxylic acids is 1. The Morgan fingerprint density at radius 1 is 1.11 bits per heavy atom. The second-order valence-corrected chi connectivity index (χ2v) is 8.81. The van der Waals surface area contributed by atoms with Crippen molar-refractivity contribution in [2.75, 3.05) is 20.8 Å². The summed E-state index contributed by atoms with van der Waals surface area (Å²) in [7, 11) is 3.11. The van der Waals surface area contributed by atoms with Crippen molar-refractivity contribution in [3.8, 4) is 11.6 Å². The predicted molar refractivity (Wildman–Crippen MR) is 135 cm³/mol. The first-order valence-corrected chi connectivity index (χ1v) is 11.7. The number of nitrogens with zero attached hydrogens (tertiary/aromatic N) is 2. The van der Waals surface area contributed by atoms with Crippen molar-refractivity contribution < 1.29 is 23.5 Å². The van der Waals surface area contributed by atoms with Gasteiger partial charge in [0.05, 0.1) is 25.3 Å². The van der Waals surface area contributed by atoms with Crippen LogP contribution in [-0.2, 0) is 11.4 Å². The van der Waals surface area contributed by atoms with Gasteiger partial charge >= 0.3 is 0 Å². The first-order chi connectivity index (χ1) is 16.9. The Labute approximate surface area is 211 Å². The van der Waals surface area contributed by atoms with E-state index in [4.69, 9.17) is 24.6 Å². The van der Waals surface area contributed by atoms with Crippen molar-refractivity contribution in [2.45, 2.75) is 19.5 Å². The van der Waals surface area contributed by atoms with Crippen LogP contribution in [0.1, 0.15) is 33.4 Å². The molecule has 0 radical (unpaired) electrons. The molecule has 4 aromatic rings. The molecule has 0 aliphatic heterocycles. The highest BCUT2D eigenvalue weighted by Crippen LogP contribution is 2.32. The quantitative estimate of drug-likeness (QED) is 0.292. The number of pyridine rings is 1. The van der Waals surface area contributed by atoms with Crippen LogP contribution in [0.3, 0.4) is 0 Å². The van der Waals surface area contributed by atoms with Crippen molar-refractivity contribution >= 4 is 32.8 Å². The van der Waals surface area contributed by atoms with Crippen LogP contribution in [-0.4, -0.2) is 36.6 Å². The number of aryl methyl sites for hydroxylation is 1. The van der Waals surface area contributed by atoms with Gasteiger partial charge in [0.25, 0.3) is 5.91 Å². The van der Waals surface area contributed by atoms with Gasteiger partial charge in [0, 0.05) is 11.9 Å². The third-order valence-electron chi connectivity index (χ3n) is 5.72. The smallest absolute Gasteiger partial charge is 0.273 e. The maximum atomic E-state index is 13.9. The minimum atomic E-state index is -0.613. The van der Waals surface area contributed by atoms with Crippen LogP contribution in [0.4, 0.5) is 0 Å². The molecule has 2 aromatic heterocycles. The molecule has 8 nitrogen and oxygen atoms in total. The maximum absolute atomic E-state index is 13.9. The molecular weight excluding hydrogens is 514 g/mol. The molecule has 0 saturated heterocycles. The van der Waals surface area contributed by atoms with Crippen LogP contribution in [0.5, 0.6) is 11.6 Å². The number of fused-ring (bicyclic) bond motifs is 1. The lowest BCUT2D eigenvalue weighted by molar-refractivity contribution is 0.0340. The number of aromatic nitrogens is 1. The first-order valence-electron chi connectivity index (χ1n) is 10.9. The molecule has 2 heterocycles. The van der Waals surface area contributed by atoms with E-state index in [9.17, 15) is 4.79 Å². The summed E-state index contributed by atoms with van der Waals surface area (Å²) in [6.45, 7) is 2.25. The summed E-state index contributed by atoms with van der Waals surface area (Å²) in [6.07, 6.45) is 0. The summed E-state index contributed by atoms with van der Waals surface area (Å²) in [5.74, 6) is 6.79. The summed E-state index contributed by atoms with van der Waals surface area (Å²) in [4.78, 5) is 24.9. The molecule has 2 N–H and O–H groups in total. The number of benzene rings is 2. The third kappa shape index (κ3) is 5.32. The summed E-state index contributed by atoms with van der Waals surface area (Å²) in [5.41, 5.74) is 2.85. The molecule has 0 fully saturated rings. The number of halogens is 1. The van der Waals surface area contributed by atoms with Gasteiger partial charge in [-0.1, -0.05) is 30.3 Å². The summed E-state index contributed by atoms with van der Waals surface area (Å²) >= 11 is 3.39. The van der Waals surface area contributed by atoms with Crippen molar-refractivity contribution in [2.24, 2.45) is 5.90 Å². The minimum absolute atomic E-state index is 0.0222. The minimum Gasteiger partial charge on any atom is -0.497 e. The van der Waals surface area contributed by atoms with Gasteiger partial charge in [-0.25, -0.2) is 10.9 Å². The number of para-hydroxylation sites is 1. The zero-order valence-electron chi connectivity index (χ0n) is 19.7. The summed E-state index contributed by atoms with van der Waals surface area (Å²) in [6, 6.07) is 18.1. The number of furan rings is 1. The standard InChI is InChI=1S/C26H26BrN3O5/c1-16-5-4-6-18-13-23(35-24(16)18)22(15-34-28)30(14-17-7-9-19(32-2)10-8-17)26(31)21-12-11-20(27)25(29-21)33-3/h4-13,22H,14-15,28H2,1-3H3. The zero-order valence-corrected chi connectivity index (χ0v) is 21.2. The van der Waals surface area contributed by atoms with Crippen molar-refractivity contribution in [3.05, 3.63) is 87.7 Å². The molecule has 182 valence electrons. The number of nitrogens with two attached hydrogens (primary N) is 1. The zero-order chi connectivity index (χ0) is 24.9. The number of rotatable bonds is 9. The van der Waals surface area contributed by atoms with E-state index >= 15 is 0 Å². The normalized spacial score (nSPS) is 11.9. The Morgan fingerprint density at radius 2 is 1.89 bits per heavy atom. The lowest BCUT2D eigenvalue weighted by Crippen LogP contribution is -2.37. The highest BCUT2D eigenvalue weighted by Gasteiger charge is 2.31. The summed E-state index contributed by atoms with van der Waals surface area (Å²) < 4.78 is 17.4. The number of hydrogen-bond acceptors (Lipinski definition) is 7. The van der Waals surface area contributed by atoms with Gasteiger partial charge in [-0.3, -0.25) is 4.79 Å². The predicted octanol–water partition coefficient (Wildman–Crippen LogP) is 5.19. The molecule has 4 rings (SSSR count). The van der Waals surface area contributed by atoms with Gasteiger partial charge < -0.3 is 23.6 Å². The molecular formula is C26H26BrN3O5. The van der Waals surface area contributed by atoms with Gasteiger partial charge in [0.1, 0.15) is 28.8 Å². The highest BCUT2D eigenvalue weighted by atomic mass is 79.9. The Balaban J connectivity index is 1.79. The van der Waals surface area contributed by atoms with E-state index in [0.29, 0.717) is 16.1 Å². The third-order valence-corrected chi connectivity index (χ3v) is 6.32. The fourth-order valence-electron chi connectivity index (χ4n) is 3.89. The van der Waals surface area contributed by atoms with Gasteiger partial charge in [-0.2, -0.15) is 0 Å². The monoisotopic (exact) mass is 539 g/mol. The molecule has 0 saturated carbocycles. The van der Waals surface area contributed by atoms with Crippen LogP contribution < -0.4 is 15.4 Å². The van der Waals surface area contributed by atoms with E-state index < -0.39 is 6.04 Å². The van der Waals surface area contributed by atoms with Crippen molar-refractivity contribution in [3.63, 3.8) is 0 Å². The fourth-order valence-corrected chi connectivity index (χ4v) is 4.28. The molecule has 35 heavy (non-hydrogen) atoms. The largest absolute Gasteiger partial charge is 0.497 e. The van der Waals surface area contributed by atoms with E-state index in [2.05, 4.69) is 20.9 Å². The van der Waals surface area contributed by atoms with Gasteiger partial charge in [-0.15, -0.1) is 0 Å². The number of hydrogen-bond donors (Lipinski definition) is 1. The van der Waals surface area contributed by atoms with Gasteiger partial charge in [-0.05, 0) is 64.3 Å². The number of methoxy groups -OCH3 is 2. The lowest BCUT2D eigenvalue weighted by atomic mass is 10.1. The average Bonchev–Trinajstić information content (AvgIpc) is 3.32. The topological polar surface area (TPSA) is 100 Å². The fraction of sp³-hybridized carbons (Fsp3) is 0.231. The highest BCUT2D eigenvalue weighted by molar-refractivity contribution is 9.10. The van der Waals surface area contributed by atoms with Crippen LogP contribution in [0.15, 0.2) is 69.6 Å². The number of ether oxygens (including phenoxy) is 2. The van der Waals surface area contributed by atoms with E-state index in [-0.39, 0.29) is 24.8 Å². The Bertz CT molecular complexity index is 1320. The van der Waals surface area contributed by atoms with E-state index in [1.807, 2.05) is 55.5 Å². The molecule has 0 spiro atoms. The molecule has 9 heteroatoms. The molecule has 1 unspecified atom stereocenters. The van der Waals surface area contributed by atoms with Gasteiger partial charge in [0.15, 0.2) is 0 Å². The van der Waals surface area contributed by atoms with E-state index in [1.54, 1.807) is 24.1 Å². The molecule has 1 amide bonds. The SMILES string of the molecule is COc1ccc(CN(C(=O)c2ccc(Br)c(OC)n2)C(CON)c2cc3cccc(C)c3o2)cc1. The lowest BCUT2D eigenvalue weighted by Gasteiger charge is -2.30. The molecule has 0 aliphatic carbocycles. The average molecular weight is 540 g/mol. The van der Waals surface area contributed by atoms with E-state index in [1.165, 1.54) is 7.11 Å². The van der Waals surface area contributed by atoms with Crippen LogP contribution in [0, 0.1) is 6.92 Å². The second kappa shape index (κ2) is 10.9. The molecule has 1 atom stereocenters. The van der Waals surface area contributed by atoms with Crippen molar-refractivity contribution in [1.29, 1.82) is 0 Å². The van der Waals surface area contributed by atoms with Crippen LogP contribution in [0.25, 0.3) is 11.0 Å². The number of amides is 1. The number of carbonyl (C=O) groups is 1. The van der Waals surface area contributed by atoms with E-state index in [0.717, 1.165) is 27.8 Å². The Hall–Kier alpha value is -3.40. The van der Waals surface area contributed by atoms with Crippen molar-refractivity contribution in [1.82, 2.24) is 9.88 Å². The van der Waals surface area contributed by atoms with Crippen LogP contribution >= 0.6 is 15.9 Å². The Morgan fingerprint density at radius 3 is 2.54 bits per heavy atom. The first kappa shape index (κ1) is 24.7. The van der Waals surface area contributed by atoms with Gasteiger partial charge in [0.2, 0.25) is 5.88 Å². The summed E-state index contributed by atoms with van der Waals surface area (Å²) in [5, 5.41) is 0.933. The Kier molecular flexibility index (Phi) is 7.70.